The smallest absolute Gasteiger partial charge is 0.242 e. The van der Waals surface area contributed by atoms with Crippen LogP contribution in [0.25, 0.3) is 0 Å². The third kappa shape index (κ3) is 4.36. The first kappa shape index (κ1) is 26.9. The number of hydrogen-bond donors (Lipinski definition) is 5. The van der Waals surface area contributed by atoms with Crippen molar-refractivity contribution in [3.05, 3.63) is 36.0 Å². The Morgan fingerprint density at radius 1 is 1.12 bits per heavy atom. The highest BCUT2D eigenvalue weighted by Gasteiger charge is 2.67. The molecule has 2 aromatic rings. The van der Waals surface area contributed by atoms with E-state index in [1.54, 1.807) is 14.0 Å². The molecule has 1 spiro atoms. The molecule has 6 atom stereocenters. The Kier molecular flexibility index (Phi) is 6.25. The van der Waals surface area contributed by atoms with Crippen LogP contribution >= 0.6 is 0 Å². The predicted molar refractivity (Wildman–Crippen MR) is 150 cm³/mol. The van der Waals surface area contributed by atoms with Gasteiger partial charge in [-0.25, -0.2) is 23.5 Å². The van der Waals surface area contributed by atoms with Crippen molar-refractivity contribution in [2.45, 2.75) is 60.7 Å². The molecule has 7 rings (SSSR count). The summed E-state index contributed by atoms with van der Waals surface area (Å²) in [5, 5.41) is 6.52. The van der Waals surface area contributed by atoms with Crippen molar-refractivity contribution in [1.29, 1.82) is 0 Å². The molecule has 0 radical (unpaired) electrons. The molecule has 3 aliphatic heterocycles. The number of nitrogens with zero attached hydrogens (tertiary/aromatic N) is 1. The molecular weight excluding hydrogens is 548 g/mol. The van der Waals surface area contributed by atoms with E-state index in [1.807, 2.05) is 18.2 Å². The summed E-state index contributed by atoms with van der Waals surface area (Å²) in [5.74, 6) is 2.74. The molecule has 4 unspecified atom stereocenters. The van der Waals surface area contributed by atoms with Crippen LogP contribution in [0.2, 0.25) is 0 Å². The lowest BCUT2D eigenvalue weighted by Crippen LogP contribution is -2.59. The zero-order valence-corrected chi connectivity index (χ0v) is 24.1. The summed E-state index contributed by atoms with van der Waals surface area (Å²) in [4.78, 5) is 17.6. The third-order valence-corrected chi connectivity index (χ3v) is 11.2. The Hall–Kier alpha value is -2.97. The van der Waals surface area contributed by atoms with E-state index in [0.717, 1.165) is 42.7 Å². The van der Waals surface area contributed by atoms with E-state index in [2.05, 4.69) is 31.2 Å². The molecule has 5 N–H and O–H groups in total. The van der Waals surface area contributed by atoms with Gasteiger partial charge in [0, 0.05) is 29.9 Å². The molecule has 2 saturated heterocycles. The van der Waals surface area contributed by atoms with Gasteiger partial charge in [0.2, 0.25) is 15.9 Å². The van der Waals surface area contributed by atoms with E-state index in [4.69, 9.17) is 14.2 Å². The number of rotatable bonds is 8. The molecule has 13 heteroatoms. The first-order valence-corrected chi connectivity index (χ1v) is 15.6. The minimum Gasteiger partial charge on any atom is -0.497 e. The zero-order chi connectivity index (χ0) is 28.6. The number of anilines is 2. The van der Waals surface area contributed by atoms with Crippen LogP contribution in [0, 0.1) is 17.8 Å². The lowest BCUT2D eigenvalue weighted by Gasteiger charge is -2.38. The van der Waals surface area contributed by atoms with Crippen molar-refractivity contribution in [3.8, 4) is 11.5 Å². The lowest BCUT2D eigenvalue weighted by atomic mass is 9.74. The minimum atomic E-state index is -3.78. The Bertz CT molecular complexity index is 1500. The van der Waals surface area contributed by atoms with Crippen LogP contribution in [0.5, 0.6) is 11.5 Å². The normalized spacial score (nSPS) is 33.0. The molecular formula is C28H36N6O6S. The maximum absolute atomic E-state index is 13.1. The molecule has 5 aliphatic rings. The fourth-order valence-electron chi connectivity index (χ4n) is 7.35. The fourth-order valence-corrected chi connectivity index (χ4v) is 8.69. The van der Waals surface area contributed by atoms with Crippen molar-refractivity contribution in [1.82, 2.24) is 20.6 Å². The van der Waals surface area contributed by atoms with Gasteiger partial charge < -0.3 is 24.8 Å². The number of fused-ring (bicyclic) bond motifs is 3. The number of methoxy groups -OCH3 is 2. The van der Waals surface area contributed by atoms with Gasteiger partial charge in [0.05, 0.1) is 44.6 Å². The van der Waals surface area contributed by atoms with E-state index in [1.165, 1.54) is 19.4 Å². The van der Waals surface area contributed by atoms with E-state index in [0.29, 0.717) is 42.5 Å². The van der Waals surface area contributed by atoms with Crippen LogP contribution in [0.4, 0.5) is 11.5 Å². The molecule has 220 valence electrons. The third-order valence-electron chi connectivity index (χ3n) is 9.61. The van der Waals surface area contributed by atoms with Crippen LogP contribution in [-0.2, 0) is 25.0 Å². The number of amides is 1. The maximum Gasteiger partial charge on any atom is 0.242 e. The Balaban J connectivity index is 1.02. The van der Waals surface area contributed by atoms with Gasteiger partial charge in [-0.15, -0.1) is 0 Å². The van der Waals surface area contributed by atoms with Gasteiger partial charge in [0.25, 0.3) is 0 Å². The summed E-state index contributed by atoms with van der Waals surface area (Å²) in [7, 11) is -0.632. The molecule has 1 aromatic heterocycles. The van der Waals surface area contributed by atoms with Crippen molar-refractivity contribution < 1.29 is 27.4 Å². The second-order valence-electron chi connectivity index (χ2n) is 12.3. The molecule has 2 aliphatic carbocycles. The Morgan fingerprint density at radius 2 is 1.95 bits per heavy atom. The quantitative estimate of drug-likeness (QED) is 0.310. The van der Waals surface area contributed by atoms with Crippen LogP contribution in [0.15, 0.2) is 35.4 Å². The number of carbonyl (C=O) groups is 1. The minimum absolute atomic E-state index is 0.0393. The standard InChI is InChI=1S/C28H36N6O6S/c1-27(13-40-14-27)34-41(36,37)17-10-23(39-3)25(29-12-17)31-24-18-6-4-15(8-22(18)32-33-24)20-11-28(20)19-9-16(38-2)5-7-21(19)30-26(28)35/h5,7,9-10,12,15,18,20,22,24,32-34H,4,6,8,11,13-14H2,1-3H3,(H,29,31)(H,30,35)/t15?,18?,20-,22?,24?,28-/m0/s1. The van der Waals surface area contributed by atoms with Crippen molar-refractivity contribution in [3.63, 3.8) is 0 Å². The number of aromatic nitrogens is 1. The highest BCUT2D eigenvalue weighted by Crippen LogP contribution is 2.65. The van der Waals surface area contributed by atoms with Gasteiger partial charge in [-0.2, -0.15) is 0 Å². The Labute approximate surface area is 239 Å². The van der Waals surface area contributed by atoms with Gasteiger partial charge >= 0.3 is 0 Å². The van der Waals surface area contributed by atoms with E-state index in [-0.39, 0.29) is 23.0 Å². The Morgan fingerprint density at radius 3 is 2.68 bits per heavy atom. The SMILES string of the molecule is COc1ccc2c(c1)[C@]1(C[C@H]1C1CCC3C(C1)NNC3Nc1ncc(S(=O)(=O)NC3(C)COC3)cc1OC)C(=O)N2. The number of sulfonamides is 1. The van der Waals surface area contributed by atoms with Crippen molar-refractivity contribution in [2.24, 2.45) is 17.8 Å². The number of benzene rings is 1. The molecule has 2 saturated carbocycles. The van der Waals surface area contributed by atoms with Crippen LogP contribution in [0.1, 0.15) is 38.2 Å². The fraction of sp³-hybridized carbons (Fsp3) is 0.571. The van der Waals surface area contributed by atoms with E-state index in [9.17, 15) is 13.2 Å². The van der Waals surface area contributed by atoms with E-state index >= 15 is 0 Å². The van der Waals surface area contributed by atoms with Crippen LogP contribution < -0.4 is 35.7 Å². The molecule has 12 nitrogen and oxygen atoms in total. The summed E-state index contributed by atoms with van der Waals surface area (Å²) in [5.41, 5.74) is 7.75. The number of pyridine rings is 1. The van der Waals surface area contributed by atoms with E-state index < -0.39 is 21.0 Å². The second kappa shape index (κ2) is 9.53. The van der Waals surface area contributed by atoms with Gasteiger partial charge in [-0.3, -0.25) is 10.2 Å². The van der Waals surface area contributed by atoms with Crippen LogP contribution in [0.3, 0.4) is 0 Å². The largest absolute Gasteiger partial charge is 0.497 e. The first-order chi connectivity index (χ1) is 19.7. The monoisotopic (exact) mass is 584 g/mol. The van der Waals surface area contributed by atoms with Gasteiger partial charge in [-0.05, 0) is 68.2 Å². The summed E-state index contributed by atoms with van der Waals surface area (Å²) in [6, 6.07) is 7.57. The molecule has 4 fully saturated rings. The maximum atomic E-state index is 13.1. The summed E-state index contributed by atoms with van der Waals surface area (Å²) >= 11 is 0. The van der Waals surface area contributed by atoms with Gasteiger partial charge in [0.15, 0.2) is 11.6 Å². The highest BCUT2D eigenvalue weighted by atomic mass is 32.2. The van der Waals surface area contributed by atoms with Crippen molar-refractivity contribution in [2.75, 3.05) is 38.1 Å². The van der Waals surface area contributed by atoms with Crippen LogP contribution in [-0.4, -0.2) is 64.5 Å². The first-order valence-electron chi connectivity index (χ1n) is 14.1. The number of carbonyl (C=O) groups excluding carboxylic acids is 1. The number of hydrogen-bond acceptors (Lipinski definition) is 10. The molecule has 4 heterocycles. The average molecular weight is 585 g/mol. The highest BCUT2D eigenvalue weighted by molar-refractivity contribution is 7.89. The second-order valence-corrected chi connectivity index (χ2v) is 14.0. The average Bonchev–Trinajstić information content (AvgIpc) is 3.50. The molecule has 41 heavy (non-hydrogen) atoms. The molecule has 1 aromatic carbocycles. The zero-order valence-electron chi connectivity index (χ0n) is 23.3. The summed E-state index contributed by atoms with van der Waals surface area (Å²) < 4.78 is 44.7. The van der Waals surface area contributed by atoms with Gasteiger partial charge in [0.1, 0.15) is 10.6 Å². The lowest BCUT2D eigenvalue weighted by molar-refractivity contribution is -0.118. The molecule has 1 amide bonds. The number of ether oxygens (including phenoxy) is 3. The summed E-state index contributed by atoms with van der Waals surface area (Å²) in [6.07, 6.45) is 5.07. The number of hydrazine groups is 1. The predicted octanol–water partition coefficient (Wildman–Crippen LogP) is 1.71. The summed E-state index contributed by atoms with van der Waals surface area (Å²) in [6.45, 7) is 2.47. The van der Waals surface area contributed by atoms with Crippen molar-refractivity contribution >= 4 is 27.4 Å². The topological polar surface area (TPSA) is 152 Å². The van der Waals surface area contributed by atoms with Gasteiger partial charge in [-0.1, -0.05) is 0 Å². The molecule has 0 bridgehead atoms. The number of nitrogens with one attached hydrogen (secondary N) is 5.